The zero-order valence-corrected chi connectivity index (χ0v) is 38.8. The Morgan fingerprint density at radius 1 is 0.229 bits per heavy atom. The lowest BCUT2D eigenvalue weighted by Crippen LogP contribution is -1.94. The number of benzene rings is 13. The molecule has 2 heteroatoms. The summed E-state index contributed by atoms with van der Waals surface area (Å²) in [4.78, 5) is 0. The lowest BCUT2D eigenvalue weighted by molar-refractivity contribution is 0.987. The van der Waals surface area contributed by atoms with Gasteiger partial charge in [0.25, 0.3) is 0 Å². The number of rotatable bonds is 4. The molecule has 70 heavy (non-hydrogen) atoms. The quantitative estimate of drug-likeness (QED) is 0.156. The zero-order chi connectivity index (χ0) is 46.2. The summed E-state index contributed by atoms with van der Waals surface area (Å²) in [5.41, 5.74) is 15.0. The standard InChI is InChI=1S/C68H44N2/c1-69-59-39-45(63-49-24-10-8-22-47(49)61(42-19-4-3-5-20-42)48-23-9-11-25-50(48)63)34-36-57(59)65-55-30-16-17-31-56(55)66-58-37-35-46(40-60(58)70(2)68(66)67(65)69)64-53-28-14-12-26-51(53)62(52-27-13-15-29-54(52)64)44-33-32-41-18-6-7-21-43(41)38-44/h3-40H,1-2H3. The highest BCUT2D eigenvalue weighted by Crippen LogP contribution is 2.49. The number of hydrogen-bond donors (Lipinski definition) is 0. The minimum atomic E-state index is 1.22. The van der Waals surface area contributed by atoms with Gasteiger partial charge in [-0.2, -0.15) is 0 Å². The van der Waals surface area contributed by atoms with Crippen LogP contribution >= 0.6 is 0 Å². The number of fused-ring (bicyclic) bond motifs is 15. The van der Waals surface area contributed by atoms with Crippen LogP contribution in [-0.4, -0.2) is 9.13 Å². The van der Waals surface area contributed by atoms with E-state index in [-0.39, 0.29) is 0 Å². The highest BCUT2D eigenvalue weighted by molar-refractivity contribution is 6.36. The largest absolute Gasteiger partial charge is 0.342 e. The van der Waals surface area contributed by atoms with Gasteiger partial charge in [-0.1, -0.05) is 212 Å². The normalized spacial score (nSPS) is 12.1. The van der Waals surface area contributed by atoms with Gasteiger partial charge in [0.15, 0.2) is 0 Å². The van der Waals surface area contributed by atoms with Crippen molar-refractivity contribution >= 4 is 108 Å². The number of hydrogen-bond acceptors (Lipinski definition) is 0. The molecule has 2 heterocycles. The second kappa shape index (κ2) is 14.8. The fourth-order valence-corrected chi connectivity index (χ4v) is 12.7. The summed E-state index contributed by atoms with van der Waals surface area (Å²) in [7, 11) is 4.55. The Labute approximate surface area is 404 Å². The van der Waals surface area contributed by atoms with Crippen LogP contribution in [0.1, 0.15) is 0 Å². The molecule has 0 saturated carbocycles. The molecule has 326 valence electrons. The molecule has 13 aromatic carbocycles. The number of aryl methyl sites for hydroxylation is 2. The lowest BCUT2D eigenvalue weighted by Gasteiger charge is -2.18. The molecular weight excluding hydrogens is 845 g/mol. The first-order chi connectivity index (χ1) is 34.6. The van der Waals surface area contributed by atoms with E-state index in [1.165, 1.54) is 153 Å². The molecule has 0 bridgehead atoms. The molecule has 2 nitrogen and oxygen atoms in total. The van der Waals surface area contributed by atoms with Crippen molar-refractivity contribution < 1.29 is 0 Å². The minimum absolute atomic E-state index is 1.22. The van der Waals surface area contributed by atoms with Gasteiger partial charge in [0.05, 0.1) is 11.0 Å². The van der Waals surface area contributed by atoms with E-state index in [1.54, 1.807) is 0 Å². The molecule has 0 aliphatic carbocycles. The fourth-order valence-electron chi connectivity index (χ4n) is 12.7. The van der Waals surface area contributed by atoms with Crippen LogP contribution in [-0.2, 0) is 14.1 Å². The average Bonchev–Trinajstić information content (AvgIpc) is 3.89. The van der Waals surface area contributed by atoms with Gasteiger partial charge in [-0.15, -0.1) is 0 Å². The van der Waals surface area contributed by atoms with Crippen LogP contribution in [0, 0.1) is 0 Å². The van der Waals surface area contributed by atoms with Gasteiger partial charge in [0.1, 0.15) is 0 Å². The van der Waals surface area contributed by atoms with E-state index in [0.29, 0.717) is 0 Å². The van der Waals surface area contributed by atoms with E-state index in [2.05, 4.69) is 254 Å². The minimum Gasteiger partial charge on any atom is -0.342 e. The van der Waals surface area contributed by atoms with E-state index >= 15 is 0 Å². The molecule has 0 saturated heterocycles. The molecule has 0 fully saturated rings. The van der Waals surface area contributed by atoms with Gasteiger partial charge < -0.3 is 9.13 Å². The van der Waals surface area contributed by atoms with Crippen molar-refractivity contribution in [3.05, 3.63) is 231 Å². The van der Waals surface area contributed by atoms with Crippen molar-refractivity contribution in [2.75, 3.05) is 0 Å². The number of aromatic nitrogens is 2. The van der Waals surface area contributed by atoms with E-state index in [4.69, 9.17) is 0 Å². The molecule has 0 spiro atoms. The average molecular weight is 889 g/mol. The van der Waals surface area contributed by atoms with Gasteiger partial charge in [0, 0.05) is 46.7 Å². The van der Waals surface area contributed by atoms with Crippen LogP contribution in [0.5, 0.6) is 0 Å². The highest BCUT2D eigenvalue weighted by atomic mass is 15.0. The van der Waals surface area contributed by atoms with Gasteiger partial charge in [-0.05, 0) is 127 Å². The molecular formula is C68H44N2. The second-order valence-corrected chi connectivity index (χ2v) is 19.2. The Hall–Kier alpha value is -8.98. The molecule has 0 amide bonds. The topological polar surface area (TPSA) is 9.86 Å². The van der Waals surface area contributed by atoms with E-state index in [1.807, 2.05) is 0 Å². The van der Waals surface area contributed by atoms with Gasteiger partial charge in [-0.3, -0.25) is 0 Å². The molecule has 0 aliphatic heterocycles. The highest BCUT2D eigenvalue weighted by Gasteiger charge is 2.24. The molecule has 0 atom stereocenters. The second-order valence-electron chi connectivity index (χ2n) is 19.2. The first-order valence-electron chi connectivity index (χ1n) is 24.4. The predicted molar refractivity (Wildman–Crippen MR) is 301 cm³/mol. The monoisotopic (exact) mass is 888 g/mol. The fraction of sp³-hybridized carbons (Fsp3) is 0.0294. The zero-order valence-electron chi connectivity index (χ0n) is 38.8. The lowest BCUT2D eigenvalue weighted by atomic mass is 9.85. The first-order valence-corrected chi connectivity index (χ1v) is 24.4. The Morgan fingerprint density at radius 2 is 0.543 bits per heavy atom. The molecule has 2 aromatic heterocycles. The Bertz CT molecular complexity index is 4610. The molecule has 15 aromatic rings. The molecule has 0 unspecified atom stereocenters. The molecule has 0 radical (unpaired) electrons. The predicted octanol–water partition coefficient (Wildman–Crippen LogP) is 18.6. The van der Waals surface area contributed by atoms with Gasteiger partial charge in [0.2, 0.25) is 0 Å². The first kappa shape index (κ1) is 39.1. The van der Waals surface area contributed by atoms with Crippen LogP contribution < -0.4 is 0 Å². The van der Waals surface area contributed by atoms with Crippen LogP contribution in [0.3, 0.4) is 0 Å². The third-order valence-electron chi connectivity index (χ3n) is 15.6. The van der Waals surface area contributed by atoms with Crippen molar-refractivity contribution in [1.82, 2.24) is 9.13 Å². The smallest absolute Gasteiger partial charge is 0.0742 e. The van der Waals surface area contributed by atoms with Crippen molar-refractivity contribution in [2.24, 2.45) is 14.1 Å². The summed E-state index contributed by atoms with van der Waals surface area (Å²) in [5.74, 6) is 0. The van der Waals surface area contributed by atoms with E-state index < -0.39 is 0 Å². The van der Waals surface area contributed by atoms with Gasteiger partial charge in [-0.25, -0.2) is 0 Å². The maximum atomic E-state index is 2.47. The third kappa shape index (κ3) is 5.39. The Kier molecular flexibility index (Phi) is 8.24. The SMILES string of the molecule is Cn1c2cc(-c3c4ccccc4c(-c4ccccc4)c4ccccc34)ccc2c2c3ccccc3c3c4ccc(-c5c6ccccc6c(-c6ccc7ccccc7c6)c6ccccc56)cc4n(C)c3c21. The van der Waals surface area contributed by atoms with Crippen molar-refractivity contribution in [3.8, 4) is 44.5 Å². The maximum Gasteiger partial charge on any atom is 0.0742 e. The summed E-state index contributed by atoms with van der Waals surface area (Å²) in [6.07, 6.45) is 0. The molecule has 15 rings (SSSR count). The summed E-state index contributed by atoms with van der Waals surface area (Å²) in [6, 6.07) is 85.9. The molecule has 0 N–H and O–H groups in total. The van der Waals surface area contributed by atoms with Crippen molar-refractivity contribution in [3.63, 3.8) is 0 Å². The summed E-state index contributed by atoms with van der Waals surface area (Å²) in [5, 5.41) is 20.3. The van der Waals surface area contributed by atoms with E-state index in [0.717, 1.165) is 0 Å². The van der Waals surface area contributed by atoms with Crippen LogP contribution in [0.2, 0.25) is 0 Å². The number of nitrogens with zero attached hydrogens (tertiary/aromatic N) is 2. The molecule has 0 aliphatic rings. The summed E-state index contributed by atoms with van der Waals surface area (Å²) in [6.45, 7) is 0. The Balaban J connectivity index is 0.981. The van der Waals surface area contributed by atoms with Crippen LogP contribution in [0.25, 0.3) is 153 Å². The Morgan fingerprint density at radius 3 is 0.957 bits per heavy atom. The van der Waals surface area contributed by atoms with Gasteiger partial charge >= 0.3 is 0 Å². The third-order valence-corrected chi connectivity index (χ3v) is 15.6. The summed E-state index contributed by atoms with van der Waals surface area (Å²) >= 11 is 0. The van der Waals surface area contributed by atoms with Crippen molar-refractivity contribution in [1.29, 1.82) is 0 Å². The van der Waals surface area contributed by atoms with Crippen LogP contribution in [0.4, 0.5) is 0 Å². The summed E-state index contributed by atoms with van der Waals surface area (Å²) < 4.78 is 4.94. The van der Waals surface area contributed by atoms with Crippen LogP contribution in [0.15, 0.2) is 231 Å². The van der Waals surface area contributed by atoms with Crippen molar-refractivity contribution in [2.45, 2.75) is 0 Å². The van der Waals surface area contributed by atoms with E-state index in [9.17, 15) is 0 Å². The maximum absolute atomic E-state index is 2.47.